The third-order valence-corrected chi connectivity index (χ3v) is 3.62. The molecule has 2 aromatic heterocycles. The lowest BCUT2D eigenvalue weighted by molar-refractivity contribution is 0.198. The Hall–Kier alpha value is -1.68. The van der Waals surface area contributed by atoms with Gasteiger partial charge in [-0.1, -0.05) is 0 Å². The number of nitrogens with one attached hydrogen (secondary N) is 1. The SMILES string of the molecule is c1cc(CN2CCC[C@H](c3ccn[nH]3)C2)ccn1. The second kappa shape index (κ2) is 5.31. The van der Waals surface area contributed by atoms with Crippen molar-refractivity contribution in [3.05, 3.63) is 48.0 Å². The van der Waals surface area contributed by atoms with Gasteiger partial charge < -0.3 is 0 Å². The number of likely N-dealkylation sites (tertiary alicyclic amines) is 1. The van der Waals surface area contributed by atoms with Crippen molar-refractivity contribution in [1.29, 1.82) is 0 Å². The highest BCUT2D eigenvalue weighted by Crippen LogP contribution is 2.25. The molecule has 18 heavy (non-hydrogen) atoms. The molecule has 3 heterocycles. The van der Waals surface area contributed by atoms with Gasteiger partial charge in [0.25, 0.3) is 0 Å². The monoisotopic (exact) mass is 242 g/mol. The fraction of sp³-hybridized carbons (Fsp3) is 0.429. The summed E-state index contributed by atoms with van der Waals surface area (Å²) in [6, 6.07) is 6.29. The average Bonchev–Trinajstić information content (AvgIpc) is 2.94. The van der Waals surface area contributed by atoms with Crippen LogP contribution in [0.1, 0.15) is 30.0 Å². The highest BCUT2D eigenvalue weighted by Gasteiger charge is 2.22. The maximum Gasteiger partial charge on any atom is 0.0490 e. The highest BCUT2D eigenvalue weighted by atomic mass is 15.1. The molecule has 0 bridgehead atoms. The average molecular weight is 242 g/mol. The van der Waals surface area contributed by atoms with E-state index >= 15 is 0 Å². The minimum absolute atomic E-state index is 0.600. The number of rotatable bonds is 3. The van der Waals surface area contributed by atoms with E-state index in [1.807, 2.05) is 18.6 Å². The molecule has 1 atom stereocenters. The number of nitrogens with zero attached hydrogens (tertiary/aromatic N) is 3. The van der Waals surface area contributed by atoms with Crippen molar-refractivity contribution in [2.75, 3.05) is 13.1 Å². The molecule has 1 N–H and O–H groups in total. The third-order valence-electron chi connectivity index (χ3n) is 3.62. The summed E-state index contributed by atoms with van der Waals surface area (Å²) in [6.07, 6.45) is 8.10. The van der Waals surface area contributed by atoms with Crippen LogP contribution in [0.4, 0.5) is 0 Å². The van der Waals surface area contributed by atoms with Crippen LogP contribution in [0.15, 0.2) is 36.8 Å². The number of pyridine rings is 1. The Morgan fingerprint density at radius 1 is 1.22 bits per heavy atom. The zero-order chi connectivity index (χ0) is 12.2. The first-order chi connectivity index (χ1) is 8.92. The summed E-state index contributed by atoms with van der Waals surface area (Å²) >= 11 is 0. The fourth-order valence-electron chi connectivity index (χ4n) is 2.69. The minimum Gasteiger partial charge on any atom is -0.298 e. The van der Waals surface area contributed by atoms with Gasteiger partial charge in [0.2, 0.25) is 0 Å². The largest absolute Gasteiger partial charge is 0.298 e. The van der Waals surface area contributed by atoms with Gasteiger partial charge in [-0.25, -0.2) is 0 Å². The maximum absolute atomic E-state index is 4.06. The first kappa shape index (κ1) is 11.4. The summed E-state index contributed by atoms with van der Waals surface area (Å²) in [7, 11) is 0. The van der Waals surface area contributed by atoms with E-state index in [9.17, 15) is 0 Å². The molecule has 1 aliphatic heterocycles. The lowest BCUT2D eigenvalue weighted by Crippen LogP contribution is -2.34. The van der Waals surface area contributed by atoms with Crippen LogP contribution in [-0.4, -0.2) is 33.2 Å². The highest BCUT2D eigenvalue weighted by molar-refractivity contribution is 5.11. The van der Waals surface area contributed by atoms with Gasteiger partial charge in [0, 0.05) is 43.3 Å². The van der Waals surface area contributed by atoms with E-state index in [4.69, 9.17) is 0 Å². The normalized spacial score (nSPS) is 21.0. The van der Waals surface area contributed by atoms with Crippen molar-refractivity contribution >= 4 is 0 Å². The van der Waals surface area contributed by atoms with Crippen LogP contribution in [0.3, 0.4) is 0 Å². The summed E-state index contributed by atoms with van der Waals surface area (Å²) < 4.78 is 0. The Labute approximate surface area is 107 Å². The van der Waals surface area contributed by atoms with Gasteiger partial charge in [0.05, 0.1) is 0 Å². The predicted octanol–water partition coefficient (Wildman–Crippen LogP) is 2.18. The van der Waals surface area contributed by atoms with Gasteiger partial charge in [0.1, 0.15) is 0 Å². The predicted molar refractivity (Wildman–Crippen MR) is 70.1 cm³/mol. The molecule has 0 aromatic carbocycles. The molecule has 1 saturated heterocycles. The number of aromatic nitrogens is 3. The fourth-order valence-corrected chi connectivity index (χ4v) is 2.69. The van der Waals surface area contributed by atoms with Crippen molar-refractivity contribution in [1.82, 2.24) is 20.1 Å². The van der Waals surface area contributed by atoms with Crippen LogP contribution in [0.5, 0.6) is 0 Å². The number of aromatic amines is 1. The molecular weight excluding hydrogens is 224 g/mol. The lowest BCUT2D eigenvalue weighted by Gasteiger charge is -2.32. The number of H-pyrrole nitrogens is 1. The van der Waals surface area contributed by atoms with E-state index in [2.05, 4.69) is 38.3 Å². The van der Waals surface area contributed by atoms with Gasteiger partial charge in [-0.05, 0) is 43.1 Å². The third kappa shape index (κ3) is 2.59. The lowest BCUT2D eigenvalue weighted by atomic mass is 9.94. The molecule has 1 fully saturated rings. The van der Waals surface area contributed by atoms with Crippen molar-refractivity contribution in [2.45, 2.75) is 25.3 Å². The summed E-state index contributed by atoms with van der Waals surface area (Å²) in [5.74, 6) is 0.600. The molecule has 4 nitrogen and oxygen atoms in total. The first-order valence-corrected chi connectivity index (χ1v) is 6.52. The molecule has 0 unspecified atom stereocenters. The minimum atomic E-state index is 0.600. The molecule has 3 rings (SSSR count). The van der Waals surface area contributed by atoms with Crippen molar-refractivity contribution in [3.63, 3.8) is 0 Å². The molecule has 0 saturated carbocycles. The van der Waals surface area contributed by atoms with E-state index < -0.39 is 0 Å². The molecule has 0 spiro atoms. The van der Waals surface area contributed by atoms with Crippen LogP contribution in [-0.2, 0) is 6.54 Å². The topological polar surface area (TPSA) is 44.8 Å². The van der Waals surface area contributed by atoms with Gasteiger partial charge in [-0.15, -0.1) is 0 Å². The Kier molecular flexibility index (Phi) is 3.37. The molecule has 0 radical (unpaired) electrons. The maximum atomic E-state index is 4.06. The van der Waals surface area contributed by atoms with Crippen LogP contribution in [0.2, 0.25) is 0 Å². The zero-order valence-corrected chi connectivity index (χ0v) is 10.4. The van der Waals surface area contributed by atoms with E-state index in [-0.39, 0.29) is 0 Å². The van der Waals surface area contributed by atoms with E-state index in [0.29, 0.717) is 5.92 Å². The molecule has 0 amide bonds. The zero-order valence-electron chi connectivity index (χ0n) is 10.4. The molecule has 94 valence electrons. The van der Waals surface area contributed by atoms with Crippen molar-refractivity contribution in [2.24, 2.45) is 0 Å². The standard InChI is InChI=1S/C14H18N4/c1-2-13(14-5-8-16-17-14)11-18(9-1)10-12-3-6-15-7-4-12/h3-8,13H,1-2,9-11H2,(H,16,17)/t13-/m0/s1. The Bertz CT molecular complexity index is 466. The molecule has 4 heteroatoms. The van der Waals surface area contributed by atoms with Crippen LogP contribution in [0, 0.1) is 0 Å². The quantitative estimate of drug-likeness (QED) is 0.897. The molecule has 1 aliphatic rings. The molecule has 2 aromatic rings. The summed E-state index contributed by atoms with van der Waals surface area (Å²) in [5, 5.41) is 7.16. The van der Waals surface area contributed by atoms with Crippen LogP contribution < -0.4 is 0 Å². The molecular formula is C14H18N4. The molecule has 0 aliphatic carbocycles. The second-order valence-electron chi connectivity index (χ2n) is 4.94. The number of hydrogen-bond donors (Lipinski definition) is 1. The van der Waals surface area contributed by atoms with Crippen LogP contribution >= 0.6 is 0 Å². The van der Waals surface area contributed by atoms with E-state index in [1.165, 1.54) is 30.6 Å². The Morgan fingerprint density at radius 2 is 2.11 bits per heavy atom. The summed E-state index contributed by atoms with van der Waals surface area (Å²) in [6.45, 7) is 3.32. The van der Waals surface area contributed by atoms with Crippen molar-refractivity contribution in [3.8, 4) is 0 Å². The van der Waals surface area contributed by atoms with E-state index in [0.717, 1.165) is 13.1 Å². The van der Waals surface area contributed by atoms with Gasteiger partial charge in [-0.2, -0.15) is 5.10 Å². The Balaban J connectivity index is 1.64. The van der Waals surface area contributed by atoms with Gasteiger partial charge in [-0.3, -0.25) is 15.0 Å². The summed E-state index contributed by atoms with van der Waals surface area (Å²) in [4.78, 5) is 6.58. The number of piperidine rings is 1. The first-order valence-electron chi connectivity index (χ1n) is 6.52. The van der Waals surface area contributed by atoms with Gasteiger partial charge in [0.15, 0.2) is 0 Å². The number of hydrogen-bond acceptors (Lipinski definition) is 3. The second-order valence-corrected chi connectivity index (χ2v) is 4.94. The van der Waals surface area contributed by atoms with Crippen molar-refractivity contribution < 1.29 is 0 Å². The van der Waals surface area contributed by atoms with Crippen LogP contribution in [0.25, 0.3) is 0 Å². The van der Waals surface area contributed by atoms with E-state index in [1.54, 1.807) is 0 Å². The summed E-state index contributed by atoms with van der Waals surface area (Å²) in [5.41, 5.74) is 2.62. The Morgan fingerprint density at radius 3 is 2.89 bits per heavy atom. The smallest absolute Gasteiger partial charge is 0.0490 e. The van der Waals surface area contributed by atoms with Gasteiger partial charge >= 0.3 is 0 Å².